The van der Waals surface area contributed by atoms with E-state index >= 15 is 0 Å². The summed E-state index contributed by atoms with van der Waals surface area (Å²) in [5.41, 5.74) is 2.72. The van der Waals surface area contributed by atoms with Gasteiger partial charge >= 0.3 is 0 Å². The first-order valence-corrected chi connectivity index (χ1v) is 10.9. The third-order valence-electron chi connectivity index (χ3n) is 4.41. The summed E-state index contributed by atoms with van der Waals surface area (Å²) in [6.07, 6.45) is 1.47. The van der Waals surface area contributed by atoms with E-state index in [0.29, 0.717) is 16.3 Å². The van der Waals surface area contributed by atoms with Gasteiger partial charge in [-0.3, -0.25) is 9.59 Å². The summed E-state index contributed by atoms with van der Waals surface area (Å²) in [5.74, 6) is -0.527. The van der Waals surface area contributed by atoms with Crippen LogP contribution in [0.25, 0.3) is 21.3 Å². The Morgan fingerprint density at radius 3 is 2.63 bits per heavy atom. The fourth-order valence-electron chi connectivity index (χ4n) is 3.02. The number of halogens is 1. The summed E-state index contributed by atoms with van der Waals surface area (Å²) in [4.78, 5) is 33.7. The topological polar surface area (TPSA) is 72.0 Å². The molecular weight excluding hydrogens is 421 g/mol. The van der Waals surface area contributed by atoms with Crippen molar-refractivity contribution in [2.45, 2.75) is 11.9 Å². The van der Waals surface area contributed by atoms with Gasteiger partial charge in [0.05, 0.1) is 16.8 Å². The fourth-order valence-corrected chi connectivity index (χ4v) is 4.81. The Hall–Kier alpha value is -3.10. The molecule has 0 fully saturated rings. The number of anilines is 1. The van der Waals surface area contributed by atoms with Gasteiger partial charge < -0.3 is 5.32 Å². The van der Waals surface area contributed by atoms with Crippen molar-refractivity contribution in [1.82, 2.24) is 9.97 Å². The van der Waals surface area contributed by atoms with Crippen molar-refractivity contribution in [3.05, 3.63) is 71.6 Å². The summed E-state index contributed by atoms with van der Waals surface area (Å²) >= 11 is 2.77. The average molecular weight is 438 g/mol. The van der Waals surface area contributed by atoms with Gasteiger partial charge in [-0.2, -0.15) is 0 Å². The highest BCUT2D eigenvalue weighted by Crippen LogP contribution is 2.37. The Morgan fingerprint density at radius 2 is 1.87 bits per heavy atom. The molecule has 0 aliphatic heterocycles. The number of fused-ring (bicyclic) bond motifs is 1. The van der Waals surface area contributed by atoms with Gasteiger partial charge in [0.15, 0.2) is 5.78 Å². The number of benzene rings is 2. The van der Waals surface area contributed by atoms with E-state index in [1.807, 2.05) is 5.38 Å². The van der Waals surface area contributed by atoms with E-state index < -0.39 is 0 Å². The van der Waals surface area contributed by atoms with Crippen LogP contribution >= 0.6 is 23.1 Å². The quantitative estimate of drug-likeness (QED) is 0.247. The number of hydrogen-bond donors (Lipinski definition) is 1. The van der Waals surface area contributed by atoms with Crippen molar-refractivity contribution in [1.29, 1.82) is 0 Å². The largest absolute Gasteiger partial charge is 0.325 e. The van der Waals surface area contributed by atoms with E-state index in [2.05, 4.69) is 15.3 Å². The second kappa shape index (κ2) is 8.73. The number of ketones is 1. The van der Waals surface area contributed by atoms with Crippen LogP contribution in [0.1, 0.15) is 17.3 Å². The summed E-state index contributed by atoms with van der Waals surface area (Å²) in [7, 11) is 0. The van der Waals surface area contributed by atoms with Crippen LogP contribution in [0.5, 0.6) is 0 Å². The molecule has 4 rings (SSSR count). The Labute approximate surface area is 180 Å². The number of para-hydroxylation sites is 1. The SMILES string of the molecule is CC(=O)c1ccccc1NC(=O)CSc1ncnc2scc(-c3ccc(F)cc3)c12. The number of carbonyl (C=O) groups excluding carboxylic acids is 2. The predicted molar refractivity (Wildman–Crippen MR) is 119 cm³/mol. The number of hydrogen-bond acceptors (Lipinski definition) is 6. The van der Waals surface area contributed by atoms with E-state index in [9.17, 15) is 14.0 Å². The monoisotopic (exact) mass is 437 g/mol. The first-order valence-electron chi connectivity index (χ1n) is 9.03. The van der Waals surface area contributed by atoms with Gasteiger partial charge in [-0.25, -0.2) is 14.4 Å². The number of rotatable bonds is 6. The maximum Gasteiger partial charge on any atom is 0.234 e. The Balaban J connectivity index is 1.56. The van der Waals surface area contributed by atoms with Crippen molar-refractivity contribution in [2.24, 2.45) is 0 Å². The highest BCUT2D eigenvalue weighted by molar-refractivity contribution is 8.00. The van der Waals surface area contributed by atoms with Gasteiger partial charge in [0.1, 0.15) is 22.0 Å². The Kier molecular flexibility index (Phi) is 5.87. The van der Waals surface area contributed by atoms with Crippen LogP contribution in [0.15, 0.2) is 65.3 Å². The lowest BCUT2D eigenvalue weighted by molar-refractivity contribution is -0.113. The number of nitrogens with one attached hydrogen (secondary N) is 1. The van der Waals surface area contributed by atoms with Crippen LogP contribution in [0.2, 0.25) is 0 Å². The molecule has 150 valence electrons. The molecule has 30 heavy (non-hydrogen) atoms. The lowest BCUT2D eigenvalue weighted by Gasteiger charge is -2.09. The van der Waals surface area contributed by atoms with Crippen molar-refractivity contribution in [3.8, 4) is 11.1 Å². The molecule has 1 N–H and O–H groups in total. The molecule has 0 saturated carbocycles. The molecule has 0 atom stereocenters. The number of aromatic nitrogens is 2. The zero-order valence-electron chi connectivity index (χ0n) is 15.9. The van der Waals surface area contributed by atoms with E-state index in [-0.39, 0.29) is 23.3 Å². The first-order chi connectivity index (χ1) is 14.5. The molecule has 0 aliphatic carbocycles. The lowest BCUT2D eigenvalue weighted by atomic mass is 10.1. The van der Waals surface area contributed by atoms with Gasteiger partial charge in [-0.15, -0.1) is 11.3 Å². The summed E-state index contributed by atoms with van der Waals surface area (Å²) in [6.45, 7) is 1.46. The molecule has 8 heteroatoms. The molecule has 5 nitrogen and oxygen atoms in total. The fraction of sp³-hybridized carbons (Fsp3) is 0.0909. The Morgan fingerprint density at radius 1 is 1.10 bits per heavy atom. The molecule has 0 bridgehead atoms. The minimum atomic E-state index is -0.299. The number of thiophene rings is 1. The predicted octanol–water partition coefficient (Wildman–Crippen LogP) is 5.43. The van der Waals surface area contributed by atoms with E-state index in [4.69, 9.17) is 0 Å². The first kappa shape index (κ1) is 20.2. The lowest BCUT2D eigenvalue weighted by Crippen LogP contribution is -2.16. The normalized spacial score (nSPS) is 10.9. The van der Waals surface area contributed by atoms with Crippen LogP contribution in [-0.4, -0.2) is 27.4 Å². The number of Topliss-reactive ketones (excluding diaryl/α,β-unsaturated/α-hetero) is 1. The molecule has 0 spiro atoms. The highest BCUT2D eigenvalue weighted by atomic mass is 32.2. The molecule has 2 aromatic carbocycles. The molecule has 2 heterocycles. The minimum Gasteiger partial charge on any atom is -0.325 e. The molecule has 4 aromatic rings. The zero-order valence-corrected chi connectivity index (χ0v) is 17.5. The molecular formula is C22H16FN3O2S2. The van der Waals surface area contributed by atoms with Crippen LogP contribution in [0.3, 0.4) is 0 Å². The van der Waals surface area contributed by atoms with Crippen LogP contribution < -0.4 is 5.32 Å². The number of amides is 1. The maximum atomic E-state index is 13.3. The second-order valence-electron chi connectivity index (χ2n) is 6.45. The van der Waals surface area contributed by atoms with Crippen molar-refractivity contribution >= 4 is 50.7 Å². The summed E-state index contributed by atoms with van der Waals surface area (Å²) in [5, 5.41) is 6.27. The molecule has 1 amide bonds. The van der Waals surface area contributed by atoms with Crippen molar-refractivity contribution in [3.63, 3.8) is 0 Å². The number of nitrogens with zero attached hydrogens (tertiary/aromatic N) is 2. The molecule has 0 saturated heterocycles. The van der Waals surface area contributed by atoms with Gasteiger partial charge in [-0.1, -0.05) is 36.0 Å². The number of thioether (sulfide) groups is 1. The second-order valence-corrected chi connectivity index (χ2v) is 8.28. The third kappa shape index (κ3) is 4.24. The minimum absolute atomic E-state index is 0.113. The van der Waals surface area contributed by atoms with Crippen molar-refractivity contribution in [2.75, 3.05) is 11.1 Å². The molecule has 2 aromatic heterocycles. The van der Waals surface area contributed by atoms with E-state index in [1.54, 1.807) is 36.4 Å². The standard InChI is InChI=1S/C22H16FN3O2S2/c1-13(27)16-4-2-3-5-18(16)26-19(28)11-30-22-20-17(10-29-21(20)24-12-25-22)14-6-8-15(23)9-7-14/h2-10,12H,11H2,1H3,(H,26,28). The molecule has 0 radical (unpaired) electrons. The zero-order chi connectivity index (χ0) is 21.1. The van der Waals surface area contributed by atoms with Crippen LogP contribution in [0, 0.1) is 5.82 Å². The van der Waals surface area contributed by atoms with Crippen LogP contribution in [-0.2, 0) is 4.79 Å². The van der Waals surface area contributed by atoms with Gasteiger partial charge in [0.25, 0.3) is 0 Å². The van der Waals surface area contributed by atoms with Gasteiger partial charge in [0, 0.05) is 16.5 Å². The van der Waals surface area contributed by atoms with Gasteiger partial charge in [-0.05, 0) is 36.8 Å². The Bertz CT molecular complexity index is 1240. The summed E-state index contributed by atoms with van der Waals surface area (Å²) < 4.78 is 13.3. The average Bonchev–Trinajstić information content (AvgIpc) is 3.18. The van der Waals surface area contributed by atoms with E-state index in [1.165, 1.54) is 48.5 Å². The van der Waals surface area contributed by atoms with Gasteiger partial charge in [0.2, 0.25) is 5.91 Å². The third-order valence-corrected chi connectivity index (χ3v) is 6.29. The van der Waals surface area contributed by atoms with Crippen LogP contribution in [0.4, 0.5) is 10.1 Å². The highest BCUT2D eigenvalue weighted by Gasteiger charge is 2.16. The van der Waals surface area contributed by atoms with E-state index in [0.717, 1.165) is 21.3 Å². The summed E-state index contributed by atoms with van der Waals surface area (Å²) in [6, 6.07) is 13.2. The molecule has 0 unspecified atom stereocenters. The maximum absolute atomic E-state index is 13.3. The van der Waals surface area contributed by atoms with Crippen molar-refractivity contribution < 1.29 is 14.0 Å². The smallest absolute Gasteiger partial charge is 0.234 e. The molecule has 0 aliphatic rings. The number of carbonyl (C=O) groups is 2.